The number of nitrogen functional groups attached to an aromatic ring is 1. The van der Waals surface area contributed by atoms with Crippen molar-refractivity contribution in [2.24, 2.45) is 0 Å². The molecule has 0 heterocycles. The molecular formula is C9H10F2N2O. The first kappa shape index (κ1) is 10.4. The smallest absolute Gasteiger partial charge is 0.251 e. The number of alkyl halides is 1. The van der Waals surface area contributed by atoms with Crippen LogP contribution in [0.3, 0.4) is 0 Å². The summed E-state index contributed by atoms with van der Waals surface area (Å²) in [6, 6.07) is 3.69. The van der Waals surface area contributed by atoms with Crippen LogP contribution in [0.2, 0.25) is 0 Å². The minimum Gasteiger partial charge on any atom is -0.396 e. The molecule has 1 rings (SSSR count). The molecule has 76 valence electrons. The van der Waals surface area contributed by atoms with Crippen LogP contribution in [0.25, 0.3) is 0 Å². The molecule has 1 aromatic carbocycles. The maximum atomic E-state index is 12.9. The molecule has 0 bridgehead atoms. The first-order chi connectivity index (χ1) is 6.65. The predicted octanol–water partition coefficient (Wildman–Crippen LogP) is 1.11. The van der Waals surface area contributed by atoms with Crippen molar-refractivity contribution in [2.75, 3.05) is 19.0 Å². The molecule has 1 aromatic rings. The van der Waals surface area contributed by atoms with Crippen molar-refractivity contribution >= 4 is 11.6 Å². The average Bonchev–Trinajstić information content (AvgIpc) is 2.18. The van der Waals surface area contributed by atoms with Crippen LogP contribution in [0, 0.1) is 5.82 Å². The number of nitrogens with one attached hydrogen (secondary N) is 1. The van der Waals surface area contributed by atoms with Gasteiger partial charge in [0.15, 0.2) is 0 Å². The second-order valence-electron chi connectivity index (χ2n) is 2.68. The standard InChI is InChI=1S/C9H10F2N2O/c10-3-4-13-9(14)6-1-2-8(12)7(11)5-6/h1-2,5H,3-4,12H2,(H,13,14). The zero-order valence-corrected chi connectivity index (χ0v) is 7.39. The zero-order valence-electron chi connectivity index (χ0n) is 7.39. The van der Waals surface area contributed by atoms with Crippen molar-refractivity contribution in [2.45, 2.75) is 0 Å². The van der Waals surface area contributed by atoms with Gasteiger partial charge < -0.3 is 11.1 Å². The van der Waals surface area contributed by atoms with Crippen LogP contribution in [0.15, 0.2) is 18.2 Å². The number of benzene rings is 1. The Labute approximate surface area is 79.9 Å². The van der Waals surface area contributed by atoms with E-state index in [1.165, 1.54) is 12.1 Å². The van der Waals surface area contributed by atoms with Crippen molar-refractivity contribution in [1.29, 1.82) is 0 Å². The quantitative estimate of drug-likeness (QED) is 0.718. The van der Waals surface area contributed by atoms with Crippen LogP contribution in [0.4, 0.5) is 14.5 Å². The highest BCUT2D eigenvalue weighted by atomic mass is 19.1. The van der Waals surface area contributed by atoms with E-state index in [1.54, 1.807) is 0 Å². The monoisotopic (exact) mass is 200 g/mol. The number of rotatable bonds is 3. The Kier molecular flexibility index (Phi) is 3.39. The van der Waals surface area contributed by atoms with Gasteiger partial charge in [-0.15, -0.1) is 0 Å². The number of anilines is 1. The van der Waals surface area contributed by atoms with Gasteiger partial charge >= 0.3 is 0 Å². The molecule has 0 fully saturated rings. The van der Waals surface area contributed by atoms with Crippen molar-refractivity contribution in [1.82, 2.24) is 5.32 Å². The molecule has 0 radical (unpaired) electrons. The largest absolute Gasteiger partial charge is 0.396 e. The van der Waals surface area contributed by atoms with Gasteiger partial charge in [-0.3, -0.25) is 4.79 Å². The number of nitrogens with two attached hydrogens (primary N) is 1. The lowest BCUT2D eigenvalue weighted by atomic mass is 10.2. The number of carbonyl (C=O) groups is 1. The highest BCUT2D eigenvalue weighted by Gasteiger charge is 2.07. The summed E-state index contributed by atoms with van der Waals surface area (Å²) in [6.07, 6.45) is 0. The van der Waals surface area contributed by atoms with Crippen LogP contribution in [0.5, 0.6) is 0 Å². The summed E-state index contributed by atoms with van der Waals surface area (Å²) < 4.78 is 24.6. The number of hydrogen-bond donors (Lipinski definition) is 2. The number of halogens is 2. The van der Waals surface area contributed by atoms with Gasteiger partial charge in [-0.2, -0.15) is 0 Å². The summed E-state index contributed by atoms with van der Waals surface area (Å²) in [5, 5.41) is 2.27. The van der Waals surface area contributed by atoms with Gasteiger partial charge in [-0.1, -0.05) is 0 Å². The van der Waals surface area contributed by atoms with Gasteiger partial charge in [-0.25, -0.2) is 8.78 Å². The normalized spacial score (nSPS) is 9.86. The van der Waals surface area contributed by atoms with Crippen molar-refractivity contribution < 1.29 is 13.6 Å². The molecule has 0 spiro atoms. The molecule has 0 aromatic heterocycles. The molecule has 5 heteroatoms. The summed E-state index contributed by atoms with van der Waals surface area (Å²) in [7, 11) is 0. The zero-order chi connectivity index (χ0) is 10.6. The van der Waals surface area contributed by atoms with E-state index in [-0.39, 0.29) is 17.8 Å². The Morgan fingerprint density at radius 2 is 2.21 bits per heavy atom. The van der Waals surface area contributed by atoms with Gasteiger partial charge in [0.25, 0.3) is 5.91 Å². The third kappa shape index (κ3) is 2.42. The highest BCUT2D eigenvalue weighted by Crippen LogP contribution is 2.11. The first-order valence-corrected chi connectivity index (χ1v) is 4.04. The van der Waals surface area contributed by atoms with Gasteiger partial charge in [0.05, 0.1) is 5.69 Å². The van der Waals surface area contributed by atoms with E-state index < -0.39 is 18.4 Å². The number of carbonyl (C=O) groups excluding carboxylic acids is 1. The van der Waals surface area contributed by atoms with Crippen LogP contribution in [-0.2, 0) is 0 Å². The molecule has 0 atom stereocenters. The van der Waals surface area contributed by atoms with E-state index in [0.29, 0.717) is 0 Å². The number of amides is 1. The van der Waals surface area contributed by atoms with Crippen LogP contribution >= 0.6 is 0 Å². The van der Waals surface area contributed by atoms with Crippen LogP contribution in [0.1, 0.15) is 10.4 Å². The minimum absolute atomic E-state index is 0.0213. The third-order valence-electron chi connectivity index (χ3n) is 1.64. The summed E-state index contributed by atoms with van der Waals surface area (Å²) in [5.74, 6) is -1.17. The van der Waals surface area contributed by atoms with Gasteiger partial charge in [0.1, 0.15) is 12.5 Å². The van der Waals surface area contributed by atoms with E-state index in [9.17, 15) is 13.6 Å². The second-order valence-corrected chi connectivity index (χ2v) is 2.68. The van der Waals surface area contributed by atoms with E-state index in [0.717, 1.165) is 6.07 Å². The summed E-state index contributed by atoms with van der Waals surface area (Å²) >= 11 is 0. The lowest BCUT2D eigenvalue weighted by Gasteiger charge is -2.03. The lowest BCUT2D eigenvalue weighted by molar-refractivity contribution is 0.0950. The fraction of sp³-hybridized carbons (Fsp3) is 0.222. The molecule has 0 aliphatic heterocycles. The van der Waals surface area contributed by atoms with Crippen LogP contribution in [-0.4, -0.2) is 19.1 Å². The molecule has 3 nitrogen and oxygen atoms in total. The van der Waals surface area contributed by atoms with E-state index in [1.807, 2.05) is 0 Å². The summed E-state index contributed by atoms with van der Waals surface area (Å²) in [5.41, 5.74) is 5.33. The van der Waals surface area contributed by atoms with Gasteiger partial charge in [0.2, 0.25) is 0 Å². The Bertz CT molecular complexity index is 342. The Morgan fingerprint density at radius 1 is 1.50 bits per heavy atom. The maximum Gasteiger partial charge on any atom is 0.251 e. The molecule has 1 amide bonds. The van der Waals surface area contributed by atoms with Gasteiger partial charge in [0, 0.05) is 12.1 Å². The summed E-state index contributed by atoms with van der Waals surface area (Å²) in [6.45, 7) is -0.728. The minimum atomic E-state index is -0.655. The summed E-state index contributed by atoms with van der Waals surface area (Å²) in [4.78, 5) is 11.2. The molecule has 0 saturated carbocycles. The molecule has 0 aliphatic carbocycles. The molecular weight excluding hydrogens is 190 g/mol. The topological polar surface area (TPSA) is 55.1 Å². The Morgan fingerprint density at radius 3 is 2.79 bits per heavy atom. The first-order valence-electron chi connectivity index (χ1n) is 4.04. The second kappa shape index (κ2) is 4.55. The van der Waals surface area contributed by atoms with Crippen molar-refractivity contribution in [3.8, 4) is 0 Å². The fourth-order valence-electron chi connectivity index (χ4n) is 0.931. The Balaban J connectivity index is 2.76. The Hall–Kier alpha value is -1.65. The molecule has 0 aliphatic rings. The maximum absolute atomic E-state index is 12.9. The van der Waals surface area contributed by atoms with E-state index in [2.05, 4.69) is 5.32 Å². The van der Waals surface area contributed by atoms with Crippen molar-refractivity contribution in [3.05, 3.63) is 29.6 Å². The van der Waals surface area contributed by atoms with Crippen molar-refractivity contribution in [3.63, 3.8) is 0 Å². The SMILES string of the molecule is Nc1ccc(C(=O)NCCF)cc1F. The average molecular weight is 200 g/mol. The molecule has 0 saturated heterocycles. The van der Waals surface area contributed by atoms with E-state index in [4.69, 9.17) is 5.73 Å². The predicted molar refractivity (Wildman–Crippen MR) is 49.1 cm³/mol. The fourth-order valence-corrected chi connectivity index (χ4v) is 0.931. The molecule has 14 heavy (non-hydrogen) atoms. The van der Waals surface area contributed by atoms with E-state index >= 15 is 0 Å². The van der Waals surface area contributed by atoms with Crippen LogP contribution < -0.4 is 11.1 Å². The number of hydrogen-bond acceptors (Lipinski definition) is 2. The third-order valence-corrected chi connectivity index (χ3v) is 1.64. The lowest BCUT2D eigenvalue weighted by Crippen LogP contribution is -2.25. The molecule has 3 N–H and O–H groups in total. The molecule has 0 unspecified atom stereocenters. The van der Waals surface area contributed by atoms with Gasteiger partial charge in [-0.05, 0) is 18.2 Å². The highest BCUT2D eigenvalue weighted by molar-refractivity contribution is 5.94.